The molecule has 6 heteroatoms. The van der Waals surface area contributed by atoms with E-state index in [9.17, 15) is 4.39 Å². The summed E-state index contributed by atoms with van der Waals surface area (Å²) in [5.74, 6) is -0.472. The first-order valence-electron chi connectivity index (χ1n) is 5.74. The van der Waals surface area contributed by atoms with Crippen LogP contribution in [0.5, 0.6) is 0 Å². The Hall–Kier alpha value is -0.480. The standard InChI is InChI=1S/C14H10BrCl3FN/c1-7(10-3-2-8(15)4-11(10)16)20-14-12(17)5-9(19)6-13(14)18/h2-7,20H,1H3. The summed E-state index contributed by atoms with van der Waals surface area (Å²) in [6, 6.07) is 7.90. The molecule has 0 aliphatic carbocycles. The van der Waals surface area contributed by atoms with Crippen molar-refractivity contribution in [1.29, 1.82) is 0 Å². The van der Waals surface area contributed by atoms with Crippen LogP contribution in [-0.4, -0.2) is 0 Å². The van der Waals surface area contributed by atoms with E-state index in [2.05, 4.69) is 21.2 Å². The maximum Gasteiger partial charge on any atom is 0.126 e. The van der Waals surface area contributed by atoms with Gasteiger partial charge in [0.15, 0.2) is 0 Å². The van der Waals surface area contributed by atoms with E-state index in [4.69, 9.17) is 34.8 Å². The second-order valence-corrected chi connectivity index (χ2v) is 6.41. The lowest BCUT2D eigenvalue weighted by Gasteiger charge is -2.19. The molecule has 0 saturated carbocycles. The van der Waals surface area contributed by atoms with Gasteiger partial charge in [0.2, 0.25) is 0 Å². The summed E-state index contributed by atoms with van der Waals surface area (Å²) >= 11 is 21.6. The molecule has 0 saturated heterocycles. The molecule has 1 N–H and O–H groups in total. The fraction of sp³-hybridized carbons (Fsp3) is 0.143. The van der Waals surface area contributed by atoms with Crippen LogP contribution in [-0.2, 0) is 0 Å². The van der Waals surface area contributed by atoms with E-state index < -0.39 is 5.82 Å². The largest absolute Gasteiger partial charge is 0.376 e. The zero-order valence-corrected chi connectivity index (χ0v) is 14.2. The van der Waals surface area contributed by atoms with Gasteiger partial charge in [0, 0.05) is 9.50 Å². The molecule has 2 aromatic carbocycles. The van der Waals surface area contributed by atoms with Crippen LogP contribution in [0.3, 0.4) is 0 Å². The minimum atomic E-state index is -0.472. The van der Waals surface area contributed by atoms with Crippen LogP contribution < -0.4 is 5.32 Å². The Balaban J connectivity index is 2.30. The van der Waals surface area contributed by atoms with Crippen LogP contribution in [0.1, 0.15) is 18.5 Å². The highest BCUT2D eigenvalue weighted by atomic mass is 79.9. The van der Waals surface area contributed by atoms with Crippen molar-refractivity contribution in [3.63, 3.8) is 0 Å². The van der Waals surface area contributed by atoms with E-state index in [1.165, 1.54) is 12.1 Å². The van der Waals surface area contributed by atoms with Gasteiger partial charge in [-0.1, -0.05) is 56.8 Å². The van der Waals surface area contributed by atoms with Gasteiger partial charge in [-0.25, -0.2) is 4.39 Å². The summed E-state index contributed by atoms with van der Waals surface area (Å²) in [7, 11) is 0. The molecule has 20 heavy (non-hydrogen) atoms. The van der Waals surface area contributed by atoms with Crippen molar-refractivity contribution in [2.45, 2.75) is 13.0 Å². The number of nitrogens with one attached hydrogen (secondary N) is 1. The molecule has 0 aliphatic heterocycles. The lowest BCUT2D eigenvalue weighted by atomic mass is 10.1. The van der Waals surface area contributed by atoms with Gasteiger partial charge in [0.25, 0.3) is 0 Å². The number of halogens is 5. The molecular weight excluding hydrogens is 387 g/mol. The number of hydrogen-bond acceptors (Lipinski definition) is 1. The van der Waals surface area contributed by atoms with Crippen molar-refractivity contribution in [2.75, 3.05) is 5.32 Å². The van der Waals surface area contributed by atoms with Crippen molar-refractivity contribution in [2.24, 2.45) is 0 Å². The Morgan fingerprint density at radius 2 is 1.65 bits per heavy atom. The van der Waals surface area contributed by atoms with Gasteiger partial charge in [-0.2, -0.15) is 0 Å². The molecule has 0 spiro atoms. The highest BCUT2D eigenvalue weighted by Gasteiger charge is 2.14. The molecule has 0 aliphatic rings. The molecule has 0 radical (unpaired) electrons. The molecule has 0 bridgehead atoms. The first-order chi connectivity index (χ1) is 9.38. The topological polar surface area (TPSA) is 12.0 Å². The van der Waals surface area contributed by atoms with Gasteiger partial charge in [0.05, 0.1) is 21.8 Å². The Kier molecular flexibility index (Phi) is 5.19. The summed E-state index contributed by atoms with van der Waals surface area (Å²) in [4.78, 5) is 0. The third kappa shape index (κ3) is 3.59. The lowest BCUT2D eigenvalue weighted by molar-refractivity contribution is 0.628. The van der Waals surface area contributed by atoms with Crippen molar-refractivity contribution in [1.82, 2.24) is 0 Å². The molecule has 1 unspecified atom stereocenters. The SMILES string of the molecule is CC(Nc1c(Cl)cc(F)cc1Cl)c1ccc(Br)cc1Cl. The minimum absolute atomic E-state index is 0.129. The van der Waals surface area contributed by atoms with Crippen molar-refractivity contribution >= 4 is 56.4 Å². The van der Waals surface area contributed by atoms with Gasteiger partial charge in [0.1, 0.15) is 5.82 Å². The minimum Gasteiger partial charge on any atom is -0.376 e. The summed E-state index contributed by atoms with van der Waals surface area (Å²) in [5.41, 5.74) is 1.38. The van der Waals surface area contributed by atoms with Crippen molar-refractivity contribution in [3.05, 3.63) is 61.3 Å². The second-order valence-electron chi connectivity index (χ2n) is 4.28. The molecule has 0 fully saturated rings. The van der Waals surface area contributed by atoms with Gasteiger partial charge < -0.3 is 5.32 Å². The summed E-state index contributed by atoms with van der Waals surface area (Å²) < 4.78 is 14.1. The highest BCUT2D eigenvalue weighted by molar-refractivity contribution is 9.10. The third-order valence-electron chi connectivity index (χ3n) is 2.80. The Labute approximate surface area is 140 Å². The fourth-order valence-electron chi connectivity index (χ4n) is 1.83. The normalized spacial score (nSPS) is 12.3. The average Bonchev–Trinajstić information content (AvgIpc) is 2.33. The maximum absolute atomic E-state index is 13.2. The molecule has 1 nitrogen and oxygen atoms in total. The number of rotatable bonds is 3. The van der Waals surface area contributed by atoms with E-state index in [0.717, 1.165) is 10.0 Å². The quantitative estimate of drug-likeness (QED) is 0.606. The smallest absolute Gasteiger partial charge is 0.126 e. The van der Waals surface area contributed by atoms with E-state index in [1.54, 1.807) is 0 Å². The first kappa shape index (κ1) is 15.9. The fourth-order valence-corrected chi connectivity index (χ4v) is 3.23. The molecule has 0 aromatic heterocycles. The Morgan fingerprint density at radius 1 is 1.05 bits per heavy atom. The predicted molar refractivity (Wildman–Crippen MR) is 87.6 cm³/mol. The van der Waals surface area contributed by atoms with Crippen molar-refractivity contribution in [3.8, 4) is 0 Å². The van der Waals surface area contributed by atoms with Gasteiger partial charge in [-0.15, -0.1) is 0 Å². The number of hydrogen-bond donors (Lipinski definition) is 1. The van der Waals surface area contributed by atoms with Crippen molar-refractivity contribution < 1.29 is 4.39 Å². The molecular formula is C14H10BrCl3FN. The molecule has 1 atom stereocenters. The summed E-state index contributed by atoms with van der Waals surface area (Å²) in [5, 5.41) is 4.23. The van der Waals surface area contributed by atoms with Crippen LogP contribution in [0, 0.1) is 5.82 Å². The average molecular weight is 398 g/mol. The van der Waals surface area contributed by atoms with Gasteiger partial charge in [-0.05, 0) is 36.8 Å². The predicted octanol–water partition coefficient (Wildman–Crippen LogP) is 6.72. The van der Waals surface area contributed by atoms with E-state index >= 15 is 0 Å². The van der Waals surface area contributed by atoms with Gasteiger partial charge in [-0.3, -0.25) is 0 Å². The maximum atomic E-state index is 13.2. The monoisotopic (exact) mass is 395 g/mol. The second kappa shape index (κ2) is 6.52. The molecule has 2 aromatic rings. The van der Waals surface area contributed by atoms with E-state index in [-0.39, 0.29) is 16.1 Å². The molecule has 0 amide bonds. The van der Waals surface area contributed by atoms with Crippen LogP contribution in [0.4, 0.5) is 10.1 Å². The van der Waals surface area contributed by atoms with E-state index in [1.807, 2.05) is 25.1 Å². The number of anilines is 1. The lowest BCUT2D eigenvalue weighted by Crippen LogP contribution is -2.08. The van der Waals surface area contributed by atoms with Crippen LogP contribution in [0.15, 0.2) is 34.8 Å². The summed E-state index contributed by atoms with van der Waals surface area (Å²) in [6.07, 6.45) is 0. The zero-order chi connectivity index (χ0) is 14.9. The molecule has 106 valence electrons. The van der Waals surface area contributed by atoms with Crippen LogP contribution in [0.2, 0.25) is 15.1 Å². The van der Waals surface area contributed by atoms with Gasteiger partial charge >= 0.3 is 0 Å². The first-order valence-corrected chi connectivity index (χ1v) is 7.67. The van der Waals surface area contributed by atoms with E-state index in [0.29, 0.717) is 10.7 Å². The highest BCUT2D eigenvalue weighted by Crippen LogP contribution is 2.35. The third-order valence-corrected chi connectivity index (χ3v) is 4.21. The molecule has 0 heterocycles. The van der Waals surface area contributed by atoms with Crippen LogP contribution in [0.25, 0.3) is 0 Å². The Morgan fingerprint density at radius 3 is 2.20 bits per heavy atom. The number of benzene rings is 2. The Bertz CT molecular complexity index is 625. The summed E-state index contributed by atoms with van der Waals surface area (Å²) in [6.45, 7) is 1.92. The zero-order valence-electron chi connectivity index (χ0n) is 10.4. The molecule has 2 rings (SSSR count). The van der Waals surface area contributed by atoms with Crippen LogP contribution >= 0.6 is 50.7 Å².